The van der Waals surface area contributed by atoms with Crippen LogP contribution in [0, 0.1) is 28.6 Å². The normalized spacial score (nSPS) is 25.0. The van der Waals surface area contributed by atoms with Crippen LogP contribution in [0.5, 0.6) is 0 Å². The van der Waals surface area contributed by atoms with Gasteiger partial charge in [-0.15, -0.1) is 6.58 Å². The molecule has 0 radical (unpaired) electrons. The Morgan fingerprint density at radius 2 is 1.68 bits per heavy atom. The second-order valence-electron chi connectivity index (χ2n) is 14.3. The molecule has 1 saturated heterocycles. The smallest absolute Gasteiger partial charge is 0.408 e. The molecular weight excluding hydrogens is 512 g/mol. The first-order valence-corrected chi connectivity index (χ1v) is 14.4. The Morgan fingerprint density at radius 1 is 1.05 bits per heavy atom. The summed E-state index contributed by atoms with van der Waals surface area (Å²) in [6.07, 6.45) is 4.12. The number of alkyl carbamates (subject to hydrolysis) is 1. The molecule has 0 aromatic heterocycles. The summed E-state index contributed by atoms with van der Waals surface area (Å²) in [5, 5.41) is 8.11. The van der Waals surface area contributed by atoms with E-state index in [-0.39, 0.29) is 35.6 Å². The number of piperidine rings is 1. The first kappa shape index (κ1) is 31.6. The number of carbonyl (C=O) groups is 5. The van der Waals surface area contributed by atoms with Gasteiger partial charge in [-0.3, -0.25) is 19.2 Å². The maximum Gasteiger partial charge on any atom is 0.408 e. The van der Waals surface area contributed by atoms with Crippen LogP contribution in [0.3, 0.4) is 0 Å². The van der Waals surface area contributed by atoms with Gasteiger partial charge in [0.2, 0.25) is 17.6 Å². The number of amides is 4. The highest BCUT2D eigenvalue weighted by Gasteiger charge is 2.70. The van der Waals surface area contributed by atoms with E-state index in [0.717, 1.165) is 19.3 Å². The topological polar surface area (TPSA) is 134 Å². The summed E-state index contributed by atoms with van der Waals surface area (Å²) in [5.41, 5.74) is -1.55. The number of likely N-dealkylation sites (tertiary alicyclic amines) is 1. The minimum Gasteiger partial charge on any atom is -0.444 e. The van der Waals surface area contributed by atoms with Gasteiger partial charge >= 0.3 is 6.09 Å². The molecule has 10 heteroatoms. The van der Waals surface area contributed by atoms with Crippen molar-refractivity contribution in [3.63, 3.8) is 0 Å². The summed E-state index contributed by atoms with van der Waals surface area (Å²) in [5.74, 6) is -1.97. The number of fused-ring (bicyclic) bond motifs is 1. The molecule has 1 heterocycles. The zero-order valence-corrected chi connectivity index (χ0v) is 25.4. The molecule has 0 aromatic carbocycles. The molecule has 40 heavy (non-hydrogen) atoms. The van der Waals surface area contributed by atoms with Crippen LogP contribution in [0.15, 0.2) is 12.7 Å². The van der Waals surface area contributed by atoms with E-state index in [1.165, 1.54) is 6.08 Å². The fraction of sp³-hybridized carbons (Fsp3) is 0.767. The molecule has 224 valence electrons. The zero-order valence-electron chi connectivity index (χ0n) is 25.4. The third-order valence-corrected chi connectivity index (χ3v) is 8.59. The number of ketones is 1. The molecule has 2 saturated carbocycles. The summed E-state index contributed by atoms with van der Waals surface area (Å²) < 4.78 is 5.41. The Hall–Kier alpha value is -2.91. The third-order valence-electron chi connectivity index (χ3n) is 8.59. The molecule has 3 rings (SSSR count). The Balaban J connectivity index is 1.84. The van der Waals surface area contributed by atoms with E-state index in [1.807, 2.05) is 20.8 Å². The summed E-state index contributed by atoms with van der Waals surface area (Å²) in [7, 11) is 0. The third kappa shape index (κ3) is 7.04. The van der Waals surface area contributed by atoms with Crippen LogP contribution in [-0.2, 0) is 23.9 Å². The van der Waals surface area contributed by atoms with Gasteiger partial charge < -0.3 is 25.6 Å². The highest BCUT2D eigenvalue weighted by Crippen LogP contribution is 2.65. The van der Waals surface area contributed by atoms with Gasteiger partial charge in [-0.1, -0.05) is 60.0 Å². The van der Waals surface area contributed by atoms with Crippen molar-refractivity contribution in [1.29, 1.82) is 0 Å². The maximum atomic E-state index is 14.0. The predicted octanol–water partition coefficient (Wildman–Crippen LogP) is 2.96. The standard InChI is InChI=1S/C30H48N4O6/c1-10-14-31-25(37)22(35)19(15-17-12-11-13-17)32-24(36)21-20-18(30(20,8)9)16-34(21)26(38)23(28(2,3)4)33-27(39)40-29(5,6)7/h10,17-21,23H,1,11-16H2,2-9H3,(H,31,37)(H,32,36)(H,33,39)/t18-,19?,20-,21-,23+/m0/s1. The van der Waals surface area contributed by atoms with Crippen LogP contribution in [-0.4, -0.2) is 71.3 Å². The van der Waals surface area contributed by atoms with Crippen LogP contribution in [0.2, 0.25) is 0 Å². The first-order valence-electron chi connectivity index (χ1n) is 14.4. The minimum atomic E-state index is -0.973. The molecule has 0 bridgehead atoms. The lowest BCUT2D eigenvalue weighted by Crippen LogP contribution is -2.61. The molecule has 0 spiro atoms. The minimum absolute atomic E-state index is 0.0901. The molecule has 3 N–H and O–H groups in total. The number of nitrogens with one attached hydrogen (secondary N) is 3. The molecule has 1 aliphatic heterocycles. The highest BCUT2D eigenvalue weighted by atomic mass is 16.6. The maximum absolute atomic E-state index is 14.0. The van der Waals surface area contributed by atoms with Gasteiger partial charge in [0.1, 0.15) is 17.7 Å². The molecule has 1 unspecified atom stereocenters. The highest BCUT2D eigenvalue weighted by molar-refractivity contribution is 6.38. The fourth-order valence-electron chi connectivity index (χ4n) is 6.01. The van der Waals surface area contributed by atoms with Gasteiger partial charge in [0.25, 0.3) is 5.91 Å². The van der Waals surface area contributed by atoms with E-state index in [1.54, 1.807) is 25.7 Å². The van der Waals surface area contributed by atoms with Crippen LogP contribution in [0.25, 0.3) is 0 Å². The molecule has 5 atom stereocenters. The van der Waals surface area contributed by atoms with E-state index < -0.39 is 52.8 Å². The van der Waals surface area contributed by atoms with Gasteiger partial charge in [-0.25, -0.2) is 4.79 Å². The van der Waals surface area contributed by atoms with Crippen molar-refractivity contribution in [2.75, 3.05) is 13.1 Å². The fourth-order valence-corrected chi connectivity index (χ4v) is 6.01. The molecule has 3 fully saturated rings. The van der Waals surface area contributed by atoms with Gasteiger partial charge in [0.15, 0.2) is 0 Å². The van der Waals surface area contributed by atoms with Crippen LogP contribution >= 0.6 is 0 Å². The van der Waals surface area contributed by atoms with E-state index in [4.69, 9.17) is 4.74 Å². The summed E-state index contributed by atoms with van der Waals surface area (Å²) in [6.45, 7) is 19.0. The average Bonchev–Trinajstić information content (AvgIpc) is 3.13. The van der Waals surface area contributed by atoms with E-state index in [0.29, 0.717) is 13.0 Å². The van der Waals surface area contributed by atoms with Crippen molar-refractivity contribution < 1.29 is 28.7 Å². The lowest BCUT2D eigenvalue weighted by Gasteiger charge is -2.38. The predicted molar refractivity (Wildman–Crippen MR) is 151 cm³/mol. The number of carbonyl (C=O) groups excluding carboxylic acids is 5. The number of hydrogen-bond donors (Lipinski definition) is 3. The average molecular weight is 561 g/mol. The van der Waals surface area contributed by atoms with Crippen molar-refractivity contribution in [2.45, 2.75) is 105 Å². The van der Waals surface area contributed by atoms with Crippen molar-refractivity contribution in [2.24, 2.45) is 28.6 Å². The summed E-state index contributed by atoms with van der Waals surface area (Å²) in [4.78, 5) is 67.7. The van der Waals surface area contributed by atoms with Gasteiger partial charge in [-0.05, 0) is 55.8 Å². The largest absolute Gasteiger partial charge is 0.444 e. The monoisotopic (exact) mass is 560 g/mol. The Morgan fingerprint density at radius 3 is 2.17 bits per heavy atom. The molecule has 0 aromatic rings. The Labute approximate surface area is 238 Å². The van der Waals surface area contributed by atoms with Crippen molar-refractivity contribution in [3.05, 3.63) is 12.7 Å². The molecule has 10 nitrogen and oxygen atoms in total. The Kier molecular flexibility index (Phi) is 9.11. The van der Waals surface area contributed by atoms with Crippen molar-refractivity contribution >= 4 is 29.6 Å². The van der Waals surface area contributed by atoms with E-state index in [9.17, 15) is 24.0 Å². The van der Waals surface area contributed by atoms with E-state index in [2.05, 4.69) is 36.4 Å². The Bertz CT molecular complexity index is 1040. The van der Waals surface area contributed by atoms with Gasteiger partial charge in [-0.2, -0.15) is 0 Å². The second-order valence-corrected chi connectivity index (χ2v) is 14.3. The SMILES string of the molecule is C=CCNC(=O)C(=O)C(CC1CCC1)NC(=O)[C@@H]1[C@@H]2[C@H](CN1C(=O)[C@@H](NC(=O)OC(C)(C)C)C(C)(C)C)C2(C)C. The molecule has 4 amide bonds. The lowest BCUT2D eigenvalue weighted by atomic mass is 9.80. The zero-order chi connectivity index (χ0) is 30.2. The first-order chi connectivity index (χ1) is 18.4. The van der Waals surface area contributed by atoms with Gasteiger partial charge in [0, 0.05) is 13.1 Å². The number of nitrogens with zero attached hydrogens (tertiary/aromatic N) is 1. The molecule has 2 aliphatic carbocycles. The number of Topliss-reactive ketones (excluding diaryl/α,β-unsaturated/α-hetero) is 1. The van der Waals surface area contributed by atoms with Gasteiger partial charge in [0.05, 0.1) is 6.04 Å². The van der Waals surface area contributed by atoms with Crippen LogP contribution in [0.4, 0.5) is 4.79 Å². The summed E-state index contributed by atoms with van der Waals surface area (Å²) >= 11 is 0. The molecular formula is C30H48N4O6. The molecule has 3 aliphatic rings. The quantitative estimate of drug-likeness (QED) is 0.278. The van der Waals surface area contributed by atoms with Crippen molar-refractivity contribution in [1.82, 2.24) is 20.9 Å². The lowest BCUT2D eigenvalue weighted by molar-refractivity contribution is -0.145. The van der Waals surface area contributed by atoms with Crippen LogP contribution in [0.1, 0.15) is 81.1 Å². The number of rotatable bonds is 10. The van der Waals surface area contributed by atoms with E-state index >= 15 is 0 Å². The number of hydrogen-bond acceptors (Lipinski definition) is 6. The van der Waals surface area contributed by atoms with Crippen molar-refractivity contribution in [3.8, 4) is 0 Å². The summed E-state index contributed by atoms with van der Waals surface area (Å²) in [6, 6.07) is -2.72. The van der Waals surface area contributed by atoms with Crippen LogP contribution < -0.4 is 16.0 Å². The second kappa shape index (κ2) is 11.5. The number of ether oxygens (including phenoxy) is 1.